The second-order valence-electron chi connectivity index (χ2n) is 1.23. The first-order valence-electron chi connectivity index (χ1n) is 2.27. The zero-order valence-corrected chi connectivity index (χ0v) is 10.6. The number of hydrogen-bond donors (Lipinski definition) is 1. The Labute approximate surface area is 112 Å². The molecule has 0 aromatic rings. The largest absolute Gasteiger partial charge is 1.00 e. The first-order chi connectivity index (χ1) is 4.20. The van der Waals surface area contributed by atoms with Crippen LogP contribution in [0.4, 0.5) is 0 Å². The van der Waals surface area contributed by atoms with Gasteiger partial charge in [0.2, 0.25) is 0 Å². The van der Waals surface area contributed by atoms with E-state index in [2.05, 4.69) is 5.32 Å². The van der Waals surface area contributed by atoms with Crippen LogP contribution in [-0.2, 0) is 0 Å². The van der Waals surface area contributed by atoms with E-state index in [4.69, 9.17) is 0 Å². The van der Waals surface area contributed by atoms with Gasteiger partial charge in [-0.3, -0.25) is 10.1 Å². The van der Waals surface area contributed by atoms with Crippen LogP contribution in [0.25, 0.3) is 0 Å². The number of thioether (sulfide) groups is 1. The van der Waals surface area contributed by atoms with Crippen LogP contribution < -0.4 is 56.7 Å². The van der Waals surface area contributed by atoms with Gasteiger partial charge in [0, 0.05) is 7.05 Å². The minimum atomic E-state index is -0.484. The molecule has 0 fully saturated rings. The number of nitrogens with zero attached hydrogens (tertiary/aromatic N) is 1. The van der Waals surface area contributed by atoms with Gasteiger partial charge in [-0.05, 0) is 6.26 Å². The Morgan fingerprint density at radius 3 is 2.27 bits per heavy atom. The second-order valence-corrected chi connectivity index (χ2v) is 2.08. The smallest absolute Gasteiger partial charge is 0.870 e. The molecule has 0 aromatic carbocycles. The van der Waals surface area contributed by atoms with E-state index in [1.165, 1.54) is 11.8 Å². The fourth-order valence-electron chi connectivity index (χ4n) is 0.315. The Hall–Kier alpha value is 0.886. The summed E-state index contributed by atoms with van der Waals surface area (Å²) in [4.78, 5) is 9.32. The maximum Gasteiger partial charge on any atom is 1.00 e. The summed E-state index contributed by atoms with van der Waals surface area (Å²) in [7, 11) is 1.64. The van der Waals surface area contributed by atoms with Crippen LogP contribution in [0.15, 0.2) is 11.2 Å². The third-order valence-corrected chi connectivity index (χ3v) is 1.44. The van der Waals surface area contributed by atoms with Crippen molar-refractivity contribution in [1.82, 2.24) is 5.32 Å². The van der Waals surface area contributed by atoms with E-state index in [-0.39, 0.29) is 56.9 Å². The summed E-state index contributed by atoms with van der Waals surface area (Å²) in [6.45, 7) is 0. The SMILES string of the molecule is CNC(=C[N+](=O)[O-])SC.[K+].[OH-]. The molecule has 0 bridgehead atoms. The standard InChI is InChI=1S/C4H8N2O2S.K.H2O/c1-5-4(9-2)3-6(7)8;;/h3,5H,1-2H3;;1H2/q;+1;/p-1. The van der Waals surface area contributed by atoms with Crippen LogP contribution >= 0.6 is 11.8 Å². The van der Waals surface area contributed by atoms with Crippen molar-refractivity contribution in [3.8, 4) is 0 Å². The Bertz CT molecular complexity index is 135. The van der Waals surface area contributed by atoms with Crippen molar-refractivity contribution < 1.29 is 61.8 Å². The Morgan fingerprint density at radius 2 is 2.18 bits per heavy atom. The van der Waals surface area contributed by atoms with Gasteiger partial charge in [-0.25, -0.2) is 0 Å². The molecule has 0 heterocycles. The molecule has 0 radical (unpaired) electrons. The summed E-state index contributed by atoms with van der Waals surface area (Å²) in [6, 6.07) is 0. The summed E-state index contributed by atoms with van der Waals surface area (Å²) in [5, 5.41) is 13.0. The van der Waals surface area contributed by atoms with Gasteiger partial charge < -0.3 is 10.8 Å². The number of nitrogens with one attached hydrogen (secondary N) is 1. The molecular formula is C4H9KN2O3S. The Morgan fingerprint density at radius 1 is 1.73 bits per heavy atom. The zero-order valence-electron chi connectivity index (χ0n) is 6.70. The quantitative estimate of drug-likeness (QED) is 0.311. The van der Waals surface area contributed by atoms with Crippen LogP contribution in [0.3, 0.4) is 0 Å². The summed E-state index contributed by atoms with van der Waals surface area (Å²) in [5.41, 5.74) is 0. The van der Waals surface area contributed by atoms with Crippen LogP contribution in [0, 0.1) is 10.1 Å². The average Bonchev–Trinajstić information content (AvgIpc) is 1.82. The summed E-state index contributed by atoms with van der Waals surface area (Å²) >= 11 is 1.31. The molecule has 0 atom stereocenters. The fourth-order valence-corrected chi connectivity index (χ4v) is 0.711. The van der Waals surface area contributed by atoms with Crippen molar-refractivity contribution in [2.45, 2.75) is 0 Å². The van der Waals surface area contributed by atoms with Gasteiger partial charge in [0.25, 0.3) is 6.20 Å². The van der Waals surface area contributed by atoms with E-state index in [1.807, 2.05) is 0 Å². The third-order valence-electron chi connectivity index (χ3n) is 0.689. The van der Waals surface area contributed by atoms with Crippen LogP contribution in [0.5, 0.6) is 0 Å². The molecule has 60 valence electrons. The van der Waals surface area contributed by atoms with Crippen molar-refractivity contribution >= 4 is 11.8 Å². The van der Waals surface area contributed by atoms with Gasteiger partial charge in [0.1, 0.15) is 5.03 Å². The molecule has 0 saturated carbocycles. The van der Waals surface area contributed by atoms with Gasteiger partial charge in [-0.1, -0.05) is 0 Å². The number of rotatable bonds is 3. The van der Waals surface area contributed by atoms with E-state index in [0.29, 0.717) is 5.03 Å². The second kappa shape index (κ2) is 10.9. The van der Waals surface area contributed by atoms with Crippen molar-refractivity contribution in [1.29, 1.82) is 0 Å². The van der Waals surface area contributed by atoms with E-state index in [1.54, 1.807) is 13.3 Å². The summed E-state index contributed by atoms with van der Waals surface area (Å²) in [5.74, 6) is 0. The predicted octanol–water partition coefficient (Wildman–Crippen LogP) is -2.53. The molecule has 0 aliphatic rings. The van der Waals surface area contributed by atoms with E-state index >= 15 is 0 Å². The first kappa shape index (κ1) is 17.8. The zero-order chi connectivity index (χ0) is 7.28. The molecule has 0 aliphatic carbocycles. The minimum absolute atomic E-state index is 0. The average molecular weight is 204 g/mol. The maximum absolute atomic E-state index is 9.80. The Kier molecular flexibility index (Phi) is 17.7. The minimum Gasteiger partial charge on any atom is -0.870 e. The molecular weight excluding hydrogens is 195 g/mol. The third kappa shape index (κ3) is 10.9. The molecule has 5 nitrogen and oxygen atoms in total. The normalized spacial score (nSPS) is 9.09. The number of nitro groups is 1. The van der Waals surface area contributed by atoms with Gasteiger partial charge in [0.05, 0.1) is 4.92 Å². The van der Waals surface area contributed by atoms with Gasteiger partial charge in [-0.15, -0.1) is 11.8 Å². The molecule has 2 N–H and O–H groups in total. The summed E-state index contributed by atoms with van der Waals surface area (Å²) < 4.78 is 0. The first-order valence-corrected chi connectivity index (χ1v) is 3.50. The summed E-state index contributed by atoms with van der Waals surface area (Å²) in [6.07, 6.45) is 2.70. The van der Waals surface area contributed by atoms with Crippen LogP contribution in [-0.4, -0.2) is 23.7 Å². The van der Waals surface area contributed by atoms with E-state index < -0.39 is 4.92 Å². The molecule has 11 heavy (non-hydrogen) atoms. The van der Waals surface area contributed by atoms with Gasteiger partial charge >= 0.3 is 51.4 Å². The molecule has 0 aromatic heterocycles. The maximum atomic E-state index is 9.80. The number of hydrogen-bond acceptors (Lipinski definition) is 5. The molecule has 7 heteroatoms. The van der Waals surface area contributed by atoms with Crippen molar-refractivity contribution in [3.63, 3.8) is 0 Å². The van der Waals surface area contributed by atoms with Crippen LogP contribution in [0.2, 0.25) is 0 Å². The molecule has 0 aliphatic heterocycles. The molecule has 0 spiro atoms. The predicted molar refractivity (Wildman–Crippen MR) is 39.6 cm³/mol. The van der Waals surface area contributed by atoms with Crippen molar-refractivity contribution in [3.05, 3.63) is 21.3 Å². The molecule has 0 saturated heterocycles. The topological polar surface area (TPSA) is 85.2 Å². The van der Waals surface area contributed by atoms with Gasteiger partial charge in [-0.2, -0.15) is 0 Å². The molecule has 0 unspecified atom stereocenters. The van der Waals surface area contributed by atoms with Crippen molar-refractivity contribution in [2.24, 2.45) is 0 Å². The molecule has 0 rings (SSSR count). The fraction of sp³-hybridized carbons (Fsp3) is 0.500. The van der Waals surface area contributed by atoms with Crippen LogP contribution in [0.1, 0.15) is 0 Å². The van der Waals surface area contributed by atoms with E-state index in [9.17, 15) is 10.1 Å². The molecule has 0 amide bonds. The monoisotopic (exact) mass is 204 g/mol. The van der Waals surface area contributed by atoms with Gasteiger partial charge in [0.15, 0.2) is 0 Å². The van der Waals surface area contributed by atoms with Crippen molar-refractivity contribution in [2.75, 3.05) is 13.3 Å². The van der Waals surface area contributed by atoms with E-state index in [0.717, 1.165) is 6.20 Å². The Balaban J connectivity index is -0.000000320.